The highest BCUT2D eigenvalue weighted by molar-refractivity contribution is 7.08. The maximum atomic E-state index is 15.5. The largest absolute Gasteiger partial charge is 0.335 e. The van der Waals surface area contributed by atoms with Crippen LogP contribution in [0.2, 0.25) is 0 Å². The minimum atomic E-state index is -0.516. The first-order valence-corrected chi connectivity index (χ1v) is 9.89. The maximum absolute atomic E-state index is 15.5. The molecule has 0 amide bonds. The van der Waals surface area contributed by atoms with Gasteiger partial charge in [0.15, 0.2) is 17.3 Å². The second-order valence-electron chi connectivity index (χ2n) is 6.56. The number of hydrogen-bond donors (Lipinski definition) is 2. The van der Waals surface area contributed by atoms with Crippen LogP contribution in [-0.2, 0) is 0 Å². The Morgan fingerprint density at radius 3 is 2.70 bits per heavy atom. The van der Waals surface area contributed by atoms with Gasteiger partial charge in [-0.15, -0.1) is 0 Å². The van der Waals surface area contributed by atoms with Crippen molar-refractivity contribution in [2.45, 2.75) is 0 Å². The van der Waals surface area contributed by atoms with Gasteiger partial charge in [0.05, 0.1) is 22.6 Å². The van der Waals surface area contributed by atoms with Crippen molar-refractivity contribution < 1.29 is 4.39 Å². The van der Waals surface area contributed by atoms with Crippen LogP contribution >= 0.6 is 11.3 Å². The van der Waals surface area contributed by atoms with Gasteiger partial charge in [-0.1, -0.05) is 0 Å². The number of aromatic nitrogens is 8. The van der Waals surface area contributed by atoms with E-state index in [2.05, 4.69) is 45.5 Å². The summed E-state index contributed by atoms with van der Waals surface area (Å²) in [5.41, 5.74) is 4.81. The van der Waals surface area contributed by atoms with Gasteiger partial charge in [-0.2, -0.15) is 16.4 Å². The molecule has 0 saturated carbocycles. The molecule has 0 saturated heterocycles. The first-order chi connectivity index (χ1) is 14.8. The number of hydrogen-bond acceptors (Lipinski definition) is 7. The van der Waals surface area contributed by atoms with Crippen molar-refractivity contribution in [1.82, 2.24) is 40.1 Å². The van der Waals surface area contributed by atoms with Crippen LogP contribution in [0.3, 0.4) is 0 Å². The quantitative estimate of drug-likeness (QED) is 0.449. The van der Waals surface area contributed by atoms with E-state index in [9.17, 15) is 0 Å². The SMILES string of the molecule is Fc1c(-c2cncnc2)ncc2[nH]nc(-c3nc4nccc(-c5ccsc5)c4[nH]3)c12. The van der Waals surface area contributed by atoms with Crippen LogP contribution in [0.5, 0.6) is 0 Å². The van der Waals surface area contributed by atoms with E-state index >= 15 is 4.39 Å². The number of halogens is 1. The second kappa shape index (κ2) is 6.49. The molecule has 10 heteroatoms. The zero-order valence-corrected chi connectivity index (χ0v) is 16.0. The number of rotatable bonds is 3. The molecule has 0 aliphatic heterocycles. The third-order valence-corrected chi connectivity index (χ3v) is 5.51. The molecule has 0 radical (unpaired) electrons. The van der Waals surface area contributed by atoms with Crippen molar-refractivity contribution in [3.8, 4) is 33.9 Å². The van der Waals surface area contributed by atoms with Crippen molar-refractivity contribution in [2.24, 2.45) is 0 Å². The molecule has 144 valence electrons. The fourth-order valence-corrected chi connectivity index (χ4v) is 4.11. The molecule has 0 atom stereocenters. The molecule has 6 rings (SSSR count). The molecule has 0 unspecified atom stereocenters. The molecule has 30 heavy (non-hydrogen) atoms. The third kappa shape index (κ3) is 2.51. The smallest absolute Gasteiger partial charge is 0.178 e. The molecule has 6 aromatic heterocycles. The Hall–Kier alpha value is -4.05. The standard InChI is InChI=1S/C20H11FN8S/c21-15-14-13(7-25-16(15)11-5-22-9-23-6-11)28-29-18(14)20-26-17-12(10-2-4-30-8-10)1-3-24-19(17)27-20/h1-9H,(H,28,29)(H,24,26,27). The van der Waals surface area contributed by atoms with Crippen molar-refractivity contribution in [3.63, 3.8) is 0 Å². The van der Waals surface area contributed by atoms with E-state index < -0.39 is 5.82 Å². The van der Waals surface area contributed by atoms with Gasteiger partial charge in [-0.3, -0.25) is 10.1 Å². The Balaban J connectivity index is 1.57. The summed E-state index contributed by atoms with van der Waals surface area (Å²) in [6.07, 6.45) is 7.66. The molecule has 0 aromatic carbocycles. The highest BCUT2D eigenvalue weighted by Crippen LogP contribution is 2.34. The lowest BCUT2D eigenvalue weighted by atomic mass is 10.1. The first-order valence-electron chi connectivity index (χ1n) is 8.95. The Kier molecular flexibility index (Phi) is 3.65. The minimum absolute atomic E-state index is 0.152. The van der Waals surface area contributed by atoms with Crippen LogP contribution in [-0.4, -0.2) is 40.1 Å². The second-order valence-corrected chi connectivity index (χ2v) is 7.34. The summed E-state index contributed by atoms with van der Waals surface area (Å²) in [5.74, 6) is -0.0932. The Bertz CT molecular complexity index is 1500. The van der Waals surface area contributed by atoms with Gasteiger partial charge in [0, 0.05) is 29.7 Å². The fourth-order valence-electron chi connectivity index (χ4n) is 3.45. The average molecular weight is 414 g/mol. The van der Waals surface area contributed by atoms with Gasteiger partial charge >= 0.3 is 0 Å². The number of aromatic amines is 2. The van der Waals surface area contributed by atoms with E-state index in [-0.39, 0.29) is 5.69 Å². The summed E-state index contributed by atoms with van der Waals surface area (Å²) < 4.78 is 15.5. The van der Waals surface area contributed by atoms with Crippen LogP contribution in [0, 0.1) is 5.82 Å². The van der Waals surface area contributed by atoms with Crippen LogP contribution in [0.4, 0.5) is 4.39 Å². The number of imidazole rings is 1. The summed E-state index contributed by atoms with van der Waals surface area (Å²) in [6.45, 7) is 0. The number of nitrogens with zero attached hydrogens (tertiary/aromatic N) is 6. The summed E-state index contributed by atoms with van der Waals surface area (Å²) in [4.78, 5) is 24.3. The predicted molar refractivity (Wildman–Crippen MR) is 111 cm³/mol. The number of thiophene rings is 1. The van der Waals surface area contributed by atoms with Crippen molar-refractivity contribution in [2.75, 3.05) is 0 Å². The van der Waals surface area contributed by atoms with Crippen LogP contribution in [0.25, 0.3) is 56.0 Å². The monoisotopic (exact) mass is 414 g/mol. The Labute approximate surface area is 171 Å². The topological polar surface area (TPSA) is 109 Å². The molecule has 6 heterocycles. The fraction of sp³-hybridized carbons (Fsp3) is 0. The summed E-state index contributed by atoms with van der Waals surface area (Å²) in [7, 11) is 0. The van der Waals surface area contributed by atoms with Gasteiger partial charge in [-0.25, -0.2) is 24.3 Å². The minimum Gasteiger partial charge on any atom is -0.335 e. The molecule has 8 nitrogen and oxygen atoms in total. The predicted octanol–water partition coefficient (Wildman–Crippen LogP) is 4.22. The van der Waals surface area contributed by atoms with E-state index in [1.807, 2.05) is 17.5 Å². The van der Waals surface area contributed by atoms with Crippen molar-refractivity contribution in [1.29, 1.82) is 0 Å². The normalized spacial score (nSPS) is 11.5. The van der Waals surface area contributed by atoms with E-state index in [1.54, 1.807) is 17.5 Å². The van der Waals surface area contributed by atoms with Gasteiger partial charge in [0.2, 0.25) is 0 Å². The molecule has 0 aliphatic carbocycles. The molecule has 0 aliphatic rings. The molecule has 0 fully saturated rings. The van der Waals surface area contributed by atoms with Gasteiger partial charge in [-0.05, 0) is 28.5 Å². The summed E-state index contributed by atoms with van der Waals surface area (Å²) in [6, 6.07) is 3.95. The molecular formula is C20H11FN8S. The zero-order valence-electron chi connectivity index (χ0n) is 15.2. The van der Waals surface area contributed by atoms with E-state index in [1.165, 1.54) is 24.9 Å². The highest BCUT2D eigenvalue weighted by Gasteiger charge is 2.21. The lowest BCUT2D eigenvalue weighted by Gasteiger charge is -2.03. The molecule has 6 aromatic rings. The highest BCUT2D eigenvalue weighted by atomic mass is 32.1. The van der Waals surface area contributed by atoms with E-state index in [4.69, 9.17) is 0 Å². The Morgan fingerprint density at radius 1 is 0.967 bits per heavy atom. The lowest BCUT2D eigenvalue weighted by molar-refractivity contribution is 0.638. The molecule has 0 bridgehead atoms. The maximum Gasteiger partial charge on any atom is 0.178 e. The number of H-pyrrole nitrogens is 2. The van der Waals surface area contributed by atoms with Crippen molar-refractivity contribution >= 4 is 33.4 Å². The van der Waals surface area contributed by atoms with Gasteiger partial charge in [0.1, 0.15) is 17.7 Å². The first kappa shape index (κ1) is 16.9. The molecule has 2 N–H and O–H groups in total. The molecular weight excluding hydrogens is 403 g/mol. The number of fused-ring (bicyclic) bond motifs is 2. The van der Waals surface area contributed by atoms with Gasteiger partial charge < -0.3 is 4.98 Å². The van der Waals surface area contributed by atoms with Crippen LogP contribution < -0.4 is 0 Å². The van der Waals surface area contributed by atoms with Gasteiger partial charge in [0.25, 0.3) is 0 Å². The van der Waals surface area contributed by atoms with Crippen molar-refractivity contribution in [3.05, 3.63) is 59.8 Å². The van der Waals surface area contributed by atoms with E-state index in [0.717, 1.165) is 16.6 Å². The number of pyridine rings is 2. The number of nitrogens with one attached hydrogen (secondary N) is 2. The summed E-state index contributed by atoms with van der Waals surface area (Å²) in [5, 5.41) is 11.5. The molecule has 0 spiro atoms. The lowest BCUT2D eigenvalue weighted by Crippen LogP contribution is -1.93. The Morgan fingerprint density at radius 2 is 1.87 bits per heavy atom. The van der Waals surface area contributed by atoms with Crippen LogP contribution in [0.15, 0.2) is 54.0 Å². The zero-order chi connectivity index (χ0) is 20.1. The van der Waals surface area contributed by atoms with Crippen LogP contribution in [0.1, 0.15) is 0 Å². The third-order valence-electron chi connectivity index (χ3n) is 4.83. The summed E-state index contributed by atoms with van der Waals surface area (Å²) >= 11 is 1.61. The van der Waals surface area contributed by atoms with E-state index in [0.29, 0.717) is 33.6 Å². The average Bonchev–Trinajstić information content (AvgIpc) is 3.53.